The predicted molar refractivity (Wildman–Crippen MR) is 48.1 cm³/mol. The van der Waals surface area contributed by atoms with Crippen molar-refractivity contribution < 1.29 is 18.9 Å². The summed E-state index contributed by atoms with van der Waals surface area (Å²) < 4.78 is 1.32. The van der Waals surface area contributed by atoms with E-state index < -0.39 is 0 Å². The molecule has 2 nitrogen and oxygen atoms in total. The number of hydrogen-bond acceptors (Lipinski definition) is 2. The number of rotatable bonds is 0. The van der Waals surface area contributed by atoms with E-state index in [0.717, 1.165) is 0 Å². The summed E-state index contributed by atoms with van der Waals surface area (Å²) >= 11 is 2.08. The van der Waals surface area contributed by atoms with Gasteiger partial charge in [0.1, 0.15) is 6.33 Å². The summed E-state index contributed by atoms with van der Waals surface area (Å²) in [6, 6.07) is 12.0. The molecular formula is C10H9IrN2. The van der Waals surface area contributed by atoms with E-state index in [4.69, 9.17) is 0 Å². The van der Waals surface area contributed by atoms with Crippen molar-refractivity contribution in [3.05, 3.63) is 55.1 Å². The van der Waals surface area contributed by atoms with E-state index in [9.17, 15) is 0 Å². The fraction of sp³-hybridized carbons (Fsp3) is 0. The van der Waals surface area contributed by atoms with Crippen LogP contribution < -0.4 is 4.08 Å². The Morgan fingerprint density at radius 1 is 0.846 bits per heavy atom. The molecule has 1 heterocycles. The van der Waals surface area contributed by atoms with Crippen LogP contribution in [-0.2, 0) is 18.9 Å². The molecule has 0 bridgehead atoms. The minimum Gasteiger partial charge on any atom is -0.245 e. The van der Waals surface area contributed by atoms with E-state index in [1.165, 1.54) is 10.4 Å². The summed E-state index contributed by atoms with van der Waals surface area (Å²) in [6.07, 6.45) is 4.88. The van der Waals surface area contributed by atoms with Gasteiger partial charge in [0.2, 0.25) is 0 Å². The van der Waals surface area contributed by atoms with Crippen molar-refractivity contribution in [2.24, 2.45) is 0 Å². The van der Waals surface area contributed by atoms with E-state index >= 15 is 0 Å². The summed E-state index contributed by atoms with van der Waals surface area (Å²) in [4.78, 5) is 7.35. The first-order valence-corrected chi connectivity index (χ1v) is 4.97. The smallest absolute Gasteiger partial charge is 0.115 e. The van der Waals surface area contributed by atoms with E-state index in [-0.39, 0.29) is 0 Å². The van der Waals surface area contributed by atoms with Gasteiger partial charge in [-0.2, -0.15) is 0 Å². The third kappa shape index (κ3) is 5.23. The molecule has 3 heteroatoms. The maximum absolute atomic E-state index is 3.67. The van der Waals surface area contributed by atoms with Crippen molar-refractivity contribution in [1.82, 2.24) is 9.97 Å². The molecule has 0 aliphatic carbocycles. The zero-order valence-corrected chi connectivity index (χ0v) is 9.32. The first kappa shape index (κ1) is 10.0. The van der Waals surface area contributed by atoms with Crippen molar-refractivity contribution in [2.75, 3.05) is 0 Å². The summed E-state index contributed by atoms with van der Waals surface area (Å²) in [5, 5.41) is 0. The Kier molecular flexibility index (Phi) is 4.99. The van der Waals surface area contributed by atoms with E-state index in [1.807, 2.05) is 18.2 Å². The van der Waals surface area contributed by atoms with Crippen LogP contribution in [-0.4, -0.2) is 9.97 Å². The standard InChI is InChI=1S/C6H5.C4H4N2.Ir/c1-2-4-6-5-3-1;1-2-5-4-6-3-1;/h1-5H;1-4H;. The molecule has 1 aromatic carbocycles. The maximum Gasteiger partial charge on any atom is 0.115 e. The Morgan fingerprint density at radius 2 is 1.46 bits per heavy atom. The Morgan fingerprint density at radius 3 is 1.69 bits per heavy atom. The van der Waals surface area contributed by atoms with Gasteiger partial charge in [0.05, 0.1) is 0 Å². The zero-order valence-electron chi connectivity index (χ0n) is 6.92. The van der Waals surface area contributed by atoms with Gasteiger partial charge in [-0.3, -0.25) is 0 Å². The third-order valence-electron chi connectivity index (χ3n) is 1.20. The first-order chi connectivity index (χ1) is 6.39. The first-order valence-electron chi connectivity index (χ1n) is 3.78. The van der Waals surface area contributed by atoms with Gasteiger partial charge in [-0.05, 0) is 6.07 Å². The Hall–Kier alpha value is -1.05. The van der Waals surface area contributed by atoms with Crippen LogP contribution in [0, 0.1) is 0 Å². The third-order valence-corrected chi connectivity index (χ3v) is 1.99. The van der Waals surface area contributed by atoms with Gasteiger partial charge in [-0.1, -0.05) is 0 Å². The number of benzene rings is 1. The SMILES string of the molecule is [Ir][c]1ccccc1.c1cncnc1. The van der Waals surface area contributed by atoms with Crippen LogP contribution in [0.2, 0.25) is 0 Å². The molecule has 0 saturated carbocycles. The summed E-state index contributed by atoms with van der Waals surface area (Å²) in [6.45, 7) is 0. The second kappa shape index (κ2) is 6.46. The Bertz CT molecular complexity index is 283. The second-order valence-corrected chi connectivity index (χ2v) is 3.56. The summed E-state index contributed by atoms with van der Waals surface area (Å²) in [7, 11) is 0. The molecule has 0 fully saturated rings. The van der Waals surface area contributed by atoms with E-state index in [1.54, 1.807) is 18.5 Å². The molecule has 0 spiro atoms. The molecule has 0 unspecified atom stereocenters. The zero-order chi connectivity index (χ0) is 9.36. The second-order valence-electron chi connectivity index (χ2n) is 2.17. The minimum absolute atomic E-state index is 1.32. The quantitative estimate of drug-likeness (QED) is 0.717. The molecule has 0 N–H and O–H groups in total. The Balaban J connectivity index is 0.000000132. The molecule has 68 valence electrons. The Labute approximate surface area is 88.2 Å². The normalized spacial score (nSPS) is 8.46. The fourth-order valence-electron chi connectivity index (χ4n) is 0.659. The van der Waals surface area contributed by atoms with Gasteiger partial charge >= 0.3 is 53.3 Å². The van der Waals surface area contributed by atoms with Crippen LogP contribution >= 0.6 is 0 Å². The van der Waals surface area contributed by atoms with Gasteiger partial charge in [-0.15, -0.1) is 0 Å². The van der Waals surface area contributed by atoms with E-state index in [0.29, 0.717) is 0 Å². The van der Waals surface area contributed by atoms with Crippen molar-refractivity contribution >= 4 is 4.08 Å². The van der Waals surface area contributed by atoms with Gasteiger partial charge < -0.3 is 0 Å². The number of hydrogen-bond donors (Lipinski definition) is 0. The predicted octanol–water partition coefficient (Wildman–Crippen LogP) is 1.34. The van der Waals surface area contributed by atoms with Gasteiger partial charge in [0, 0.05) is 12.4 Å². The molecule has 0 aliphatic heterocycles. The van der Waals surface area contributed by atoms with Crippen LogP contribution in [0.5, 0.6) is 0 Å². The minimum atomic E-state index is 1.32. The van der Waals surface area contributed by atoms with Crippen molar-refractivity contribution in [3.8, 4) is 0 Å². The van der Waals surface area contributed by atoms with Gasteiger partial charge in [0.25, 0.3) is 0 Å². The monoisotopic (exact) mass is 350 g/mol. The summed E-state index contributed by atoms with van der Waals surface area (Å²) in [5.41, 5.74) is 0. The summed E-state index contributed by atoms with van der Waals surface area (Å²) in [5.74, 6) is 0. The van der Waals surface area contributed by atoms with Crippen LogP contribution in [0.15, 0.2) is 55.1 Å². The van der Waals surface area contributed by atoms with Crippen LogP contribution in [0.4, 0.5) is 0 Å². The van der Waals surface area contributed by atoms with Crippen molar-refractivity contribution in [3.63, 3.8) is 0 Å². The maximum atomic E-state index is 3.67. The fourth-order valence-corrected chi connectivity index (χ4v) is 1.12. The number of aromatic nitrogens is 2. The molecular weight excluding hydrogens is 340 g/mol. The van der Waals surface area contributed by atoms with E-state index in [2.05, 4.69) is 41.0 Å². The van der Waals surface area contributed by atoms with Gasteiger partial charge in [0.15, 0.2) is 0 Å². The largest absolute Gasteiger partial charge is 0.245 e. The van der Waals surface area contributed by atoms with Crippen molar-refractivity contribution in [1.29, 1.82) is 0 Å². The van der Waals surface area contributed by atoms with Gasteiger partial charge in [-0.25, -0.2) is 9.97 Å². The average Bonchev–Trinajstić information content (AvgIpc) is 2.22. The molecule has 1 aromatic heterocycles. The van der Waals surface area contributed by atoms with Crippen LogP contribution in [0.25, 0.3) is 0 Å². The van der Waals surface area contributed by atoms with Crippen LogP contribution in [0.3, 0.4) is 0 Å². The average molecular weight is 349 g/mol. The molecule has 0 radical (unpaired) electrons. The van der Waals surface area contributed by atoms with Crippen LogP contribution in [0.1, 0.15) is 0 Å². The van der Waals surface area contributed by atoms with Crippen molar-refractivity contribution in [2.45, 2.75) is 0 Å². The number of nitrogens with zero attached hydrogens (tertiary/aromatic N) is 2. The molecule has 0 atom stereocenters. The molecule has 2 rings (SSSR count). The molecule has 13 heavy (non-hydrogen) atoms. The molecule has 0 amide bonds. The molecule has 0 aliphatic rings. The topological polar surface area (TPSA) is 25.8 Å². The molecule has 0 saturated heterocycles. The molecule has 2 aromatic rings.